The first-order chi connectivity index (χ1) is 13.1. The molecule has 0 aliphatic heterocycles. The van der Waals surface area contributed by atoms with Crippen molar-refractivity contribution in [2.45, 2.75) is 6.10 Å². The van der Waals surface area contributed by atoms with Crippen molar-refractivity contribution in [3.05, 3.63) is 88.2 Å². The highest BCUT2D eigenvalue weighted by Gasteiger charge is 2.17. The molecule has 1 amide bonds. The third kappa shape index (κ3) is 4.25. The Morgan fingerprint density at radius 3 is 2.56 bits per heavy atom. The Morgan fingerprint density at radius 2 is 1.81 bits per heavy atom. The van der Waals surface area contributed by atoms with E-state index < -0.39 is 16.9 Å². The Hall–Kier alpha value is -3.78. The molecule has 0 radical (unpaired) electrons. The van der Waals surface area contributed by atoms with E-state index >= 15 is 0 Å². The van der Waals surface area contributed by atoms with Gasteiger partial charge in [0.2, 0.25) is 0 Å². The number of hydrazone groups is 1. The molecule has 1 aromatic heterocycles. The third-order valence-electron chi connectivity index (χ3n) is 3.72. The van der Waals surface area contributed by atoms with E-state index in [1.54, 1.807) is 60.7 Å². The maximum atomic E-state index is 11.9. The first-order valence-electron chi connectivity index (χ1n) is 7.96. The van der Waals surface area contributed by atoms with Gasteiger partial charge in [-0.2, -0.15) is 5.10 Å². The van der Waals surface area contributed by atoms with Gasteiger partial charge in [-0.25, -0.2) is 5.43 Å². The zero-order chi connectivity index (χ0) is 19.2. The molecule has 8 heteroatoms. The number of rotatable bonds is 6. The first kappa shape index (κ1) is 18.0. The van der Waals surface area contributed by atoms with Crippen LogP contribution in [0.25, 0.3) is 11.3 Å². The number of para-hydroxylation sites is 1. The van der Waals surface area contributed by atoms with E-state index in [0.29, 0.717) is 16.9 Å². The van der Waals surface area contributed by atoms with Gasteiger partial charge >= 0.3 is 0 Å². The van der Waals surface area contributed by atoms with Crippen LogP contribution in [0.2, 0.25) is 0 Å². The van der Waals surface area contributed by atoms with Gasteiger partial charge in [-0.1, -0.05) is 42.5 Å². The lowest BCUT2D eigenvalue weighted by molar-refractivity contribution is -0.384. The predicted octanol–water partition coefficient (Wildman–Crippen LogP) is 3.04. The number of nitro benzene ring substituents is 1. The second-order valence-electron chi connectivity index (χ2n) is 5.52. The molecule has 2 aromatic carbocycles. The summed E-state index contributed by atoms with van der Waals surface area (Å²) in [5.74, 6) is -0.0972. The second kappa shape index (κ2) is 8.07. The van der Waals surface area contributed by atoms with Crippen LogP contribution in [0, 0.1) is 10.1 Å². The summed E-state index contributed by atoms with van der Waals surface area (Å²) in [5, 5.41) is 24.8. The highest BCUT2D eigenvalue weighted by Crippen LogP contribution is 2.30. The molecule has 2 N–H and O–H groups in total. The number of benzene rings is 2. The van der Waals surface area contributed by atoms with Crippen LogP contribution in [-0.4, -0.2) is 22.2 Å². The molecule has 0 aliphatic rings. The first-order valence-corrected chi connectivity index (χ1v) is 7.96. The van der Waals surface area contributed by atoms with Crippen molar-refractivity contribution in [3.8, 4) is 11.3 Å². The largest absolute Gasteiger partial charge is 0.455 e. The number of carbonyl (C=O) groups is 1. The van der Waals surface area contributed by atoms with Crippen molar-refractivity contribution in [3.63, 3.8) is 0 Å². The van der Waals surface area contributed by atoms with Crippen molar-refractivity contribution in [2.24, 2.45) is 5.10 Å². The Morgan fingerprint density at radius 1 is 1.11 bits per heavy atom. The Labute approximate surface area is 153 Å². The number of nitro groups is 1. The minimum absolute atomic E-state index is 0.0744. The van der Waals surface area contributed by atoms with Gasteiger partial charge < -0.3 is 9.52 Å². The quantitative estimate of drug-likeness (QED) is 0.395. The molecular formula is C19H15N3O5. The molecule has 0 aliphatic carbocycles. The molecule has 0 bridgehead atoms. The molecule has 3 rings (SSSR count). The smallest absolute Gasteiger partial charge is 0.280 e. The molecule has 0 unspecified atom stereocenters. The van der Waals surface area contributed by atoms with Gasteiger partial charge in [-0.05, 0) is 23.8 Å². The normalized spacial score (nSPS) is 12.0. The topological polar surface area (TPSA) is 118 Å². The summed E-state index contributed by atoms with van der Waals surface area (Å²) in [4.78, 5) is 22.5. The molecular weight excluding hydrogens is 350 g/mol. The fourth-order valence-corrected chi connectivity index (χ4v) is 2.42. The molecule has 136 valence electrons. The SMILES string of the molecule is O=C(N/N=C\c1ccc(-c2ccccc2[N+](=O)[O-])o1)[C@@H](O)c1ccccc1. The van der Waals surface area contributed by atoms with E-state index in [4.69, 9.17) is 4.42 Å². The molecule has 0 spiro atoms. The van der Waals surface area contributed by atoms with Gasteiger partial charge in [0, 0.05) is 6.07 Å². The highest BCUT2D eigenvalue weighted by atomic mass is 16.6. The van der Waals surface area contributed by atoms with Gasteiger partial charge in [0.05, 0.1) is 16.7 Å². The summed E-state index contributed by atoms with van der Waals surface area (Å²) < 4.78 is 5.52. The number of hydrogen-bond donors (Lipinski definition) is 2. The average molecular weight is 365 g/mol. The van der Waals surface area contributed by atoms with Gasteiger partial charge in [-0.15, -0.1) is 0 Å². The van der Waals surface area contributed by atoms with Crippen LogP contribution < -0.4 is 5.43 Å². The summed E-state index contributed by atoms with van der Waals surface area (Å²) in [6.45, 7) is 0. The number of nitrogens with one attached hydrogen (secondary N) is 1. The van der Waals surface area contributed by atoms with E-state index in [1.807, 2.05) is 0 Å². The van der Waals surface area contributed by atoms with Gasteiger partial charge in [0.1, 0.15) is 11.5 Å². The van der Waals surface area contributed by atoms with Gasteiger partial charge in [-0.3, -0.25) is 14.9 Å². The number of nitrogens with zero attached hydrogens (tertiary/aromatic N) is 2. The fraction of sp³-hybridized carbons (Fsp3) is 0.0526. The van der Waals surface area contributed by atoms with E-state index in [9.17, 15) is 20.0 Å². The van der Waals surface area contributed by atoms with Gasteiger partial charge in [0.15, 0.2) is 6.10 Å². The standard InChI is InChI=1S/C19H15N3O5/c23-18(13-6-2-1-3-7-13)19(24)21-20-12-14-10-11-17(27-14)15-8-4-5-9-16(15)22(25)26/h1-12,18,23H,(H,21,24)/b20-12-/t18-/m0/s1. The summed E-state index contributed by atoms with van der Waals surface area (Å²) in [6.07, 6.45) is -0.101. The van der Waals surface area contributed by atoms with Crippen LogP contribution in [0.5, 0.6) is 0 Å². The Balaban J connectivity index is 1.68. The summed E-state index contributed by atoms with van der Waals surface area (Å²) in [7, 11) is 0. The molecule has 0 saturated carbocycles. The van der Waals surface area contributed by atoms with Crippen LogP contribution >= 0.6 is 0 Å². The van der Waals surface area contributed by atoms with E-state index in [-0.39, 0.29) is 11.4 Å². The minimum Gasteiger partial charge on any atom is -0.455 e. The monoisotopic (exact) mass is 365 g/mol. The minimum atomic E-state index is -1.34. The van der Waals surface area contributed by atoms with Crippen LogP contribution in [0.4, 0.5) is 5.69 Å². The second-order valence-corrected chi connectivity index (χ2v) is 5.52. The van der Waals surface area contributed by atoms with E-state index in [0.717, 1.165) is 0 Å². The maximum absolute atomic E-state index is 11.9. The number of carbonyl (C=O) groups excluding carboxylic acids is 1. The van der Waals surface area contributed by atoms with E-state index in [1.165, 1.54) is 12.3 Å². The molecule has 1 atom stereocenters. The lowest BCUT2D eigenvalue weighted by atomic mass is 10.1. The number of furan rings is 1. The number of aliphatic hydroxyl groups excluding tert-OH is 1. The van der Waals surface area contributed by atoms with Crippen LogP contribution in [0.3, 0.4) is 0 Å². The van der Waals surface area contributed by atoms with Crippen LogP contribution in [0.1, 0.15) is 17.4 Å². The van der Waals surface area contributed by atoms with Crippen molar-refractivity contribution in [1.82, 2.24) is 5.43 Å². The van der Waals surface area contributed by atoms with Crippen LogP contribution in [0.15, 0.2) is 76.2 Å². The zero-order valence-electron chi connectivity index (χ0n) is 14.0. The predicted molar refractivity (Wildman–Crippen MR) is 97.9 cm³/mol. The number of amides is 1. The van der Waals surface area contributed by atoms with E-state index in [2.05, 4.69) is 10.5 Å². The molecule has 0 fully saturated rings. The fourth-order valence-electron chi connectivity index (χ4n) is 2.42. The summed E-state index contributed by atoms with van der Waals surface area (Å²) in [6, 6.07) is 17.8. The third-order valence-corrected chi connectivity index (χ3v) is 3.72. The highest BCUT2D eigenvalue weighted by molar-refractivity contribution is 5.84. The molecule has 3 aromatic rings. The molecule has 27 heavy (non-hydrogen) atoms. The number of aliphatic hydroxyl groups is 1. The zero-order valence-corrected chi connectivity index (χ0v) is 14.0. The molecule has 0 saturated heterocycles. The van der Waals surface area contributed by atoms with Crippen LogP contribution in [-0.2, 0) is 4.79 Å². The average Bonchev–Trinajstić information content (AvgIpc) is 3.16. The van der Waals surface area contributed by atoms with Gasteiger partial charge in [0.25, 0.3) is 11.6 Å². The molecule has 1 heterocycles. The number of hydrogen-bond acceptors (Lipinski definition) is 6. The molecule has 8 nitrogen and oxygen atoms in total. The lowest BCUT2D eigenvalue weighted by Gasteiger charge is -2.08. The Kier molecular flexibility index (Phi) is 5.38. The van der Waals surface area contributed by atoms with Crippen molar-refractivity contribution >= 4 is 17.8 Å². The Bertz CT molecular complexity index is 982. The van der Waals surface area contributed by atoms with Crippen molar-refractivity contribution in [1.29, 1.82) is 0 Å². The van der Waals surface area contributed by atoms with Crippen molar-refractivity contribution < 1.29 is 19.2 Å². The summed E-state index contributed by atoms with van der Waals surface area (Å²) >= 11 is 0. The maximum Gasteiger partial charge on any atom is 0.280 e. The van der Waals surface area contributed by atoms with Crippen molar-refractivity contribution in [2.75, 3.05) is 0 Å². The lowest BCUT2D eigenvalue weighted by Crippen LogP contribution is -2.25. The summed E-state index contributed by atoms with van der Waals surface area (Å²) in [5.41, 5.74) is 2.93.